The Bertz CT molecular complexity index is 132. The van der Waals surface area contributed by atoms with Crippen molar-refractivity contribution in [2.45, 2.75) is 12.8 Å². The Morgan fingerprint density at radius 1 is 1.20 bits per heavy atom. The quantitative estimate of drug-likeness (QED) is 0.451. The van der Waals surface area contributed by atoms with Gasteiger partial charge in [0.1, 0.15) is 0 Å². The van der Waals surface area contributed by atoms with E-state index < -0.39 is 0 Å². The molecule has 1 saturated heterocycles. The molecule has 0 atom stereocenters. The minimum Gasteiger partial charge on any atom is -0.412 e. The number of amides is 2. The van der Waals surface area contributed by atoms with Gasteiger partial charge in [0.15, 0.2) is 0 Å². The number of likely N-dealkylation sites (tertiary alicyclic amines) is 1. The molecule has 0 aromatic rings. The highest BCUT2D eigenvalue weighted by molar-refractivity contribution is 6.01. The van der Waals surface area contributed by atoms with Gasteiger partial charge in [-0.3, -0.25) is 14.5 Å². The van der Waals surface area contributed by atoms with E-state index in [4.69, 9.17) is 0 Å². The predicted molar refractivity (Wildman–Crippen MR) is 37.9 cm³/mol. The van der Waals surface area contributed by atoms with E-state index in [-0.39, 0.29) is 29.7 Å². The molecule has 2 N–H and O–H groups in total. The second-order valence-electron chi connectivity index (χ2n) is 1.85. The van der Waals surface area contributed by atoms with Crippen LogP contribution >= 0.6 is 12.4 Å². The molecule has 0 radical (unpaired) electrons. The van der Waals surface area contributed by atoms with Crippen molar-refractivity contribution in [2.24, 2.45) is 0 Å². The van der Waals surface area contributed by atoms with Crippen LogP contribution < -0.4 is 0 Å². The highest BCUT2D eigenvalue weighted by atomic mass is 35.5. The van der Waals surface area contributed by atoms with E-state index in [0.717, 1.165) is 0 Å². The first kappa shape index (κ1) is 12.1. The molecule has 1 aliphatic heterocycles. The molecule has 1 aliphatic rings. The fourth-order valence-electron chi connectivity index (χ4n) is 0.688. The van der Waals surface area contributed by atoms with Gasteiger partial charge < -0.3 is 5.48 Å². The lowest BCUT2D eigenvalue weighted by atomic mass is 10.4. The maximum atomic E-state index is 10.5. The molecule has 0 spiro atoms. The largest absolute Gasteiger partial charge is 0.412 e. The van der Waals surface area contributed by atoms with Gasteiger partial charge in [-0.15, -0.1) is 12.4 Å². The number of hydrogen-bond donors (Lipinski definition) is 0. The SMILES string of the molecule is CN1C(=O)CCC1=O.Cl.O. The Labute approximate surface area is 64.9 Å². The summed E-state index contributed by atoms with van der Waals surface area (Å²) in [6.07, 6.45) is 0.796. The minimum atomic E-state index is -0.0602. The molecule has 4 nitrogen and oxygen atoms in total. The predicted octanol–water partition coefficient (Wildman–Crippen LogP) is -0.638. The zero-order chi connectivity index (χ0) is 6.15. The number of hydrogen-bond acceptors (Lipinski definition) is 2. The molecule has 5 heteroatoms. The van der Waals surface area contributed by atoms with Crippen LogP contribution in [0.15, 0.2) is 0 Å². The van der Waals surface area contributed by atoms with Crippen molar-refractivity contribution in [3.05, 3.63) is 0 Å². The van der Waals surface area contributed by atoms with Crippen molar-refractivity contribution in [1.29, 1.82) is 0 Å². The fourth-order valence-corrected chi connectivity index (χ4v) is 0.688. The third-order valence-corrected chi connectivity index (χ3v) is 1.30. The highest BCUT2D eigenvalue weighted by Gasteiger charge is 2.24. The molecule has 0 aliphatic carbocycles. The van der Waals surface area contributed by atoms with Gasteiger partial charge in [-0.1, -0.05) is 0 Å². The number of carbonyl (C=O) groups excluding carboxylic acids is 2. The van der Waals surface area contributed by atoms with E-state index in [1.807, 2.05) is 0 Å². The number of rotatable bonds is 0. The van der Waals surface area contributed by atoms with Gasteiger partial charge in [-0.2, -0.15) is 0 Å². The zero-order valence-electron chi connectivity index (χ0n) is 5.59. The normalized spacial score (nSPS) is 16.3. The van der Waals surface area contributed by atoms with E-state index in [9.17, 15) is 9.59 Å². The maximum absolute atomic E-state index is 10.5. The summed E-state index contributed by atoms with van der Waals surface area (Å²) in [5.74, 6) is -0.120. The van der Waals surface area contributed by atoms with Gasteiger partial charge in [-0.05, 0) is 0 Å². The summed E-state index contributed by atoms with van der Waals surface area (Å²) in [6.45, 7) is 0. The summed E-state index contributed by atoms with van der Waals surface area (Å²) in [6, 6.07) is 0. The summed E-state index contributed by atoms with van der Waals surface area (Å²) >= 11 is 0. The summed E-state index contributed by atoms with van der Waals surface area (Å²) in [5, 5.41) is 0. The van der Waals surface area contributed by atoms with Gasteiger partial charge in [0.05, 0.1) is 0 Å². The van der Waals surface area contributed by atoms with E-state index >= 15 is 0 Å². The topological polar surface area (TPSA) is 68.9 Å². The Kier molecular flexibility index (Phi) is 5.14. The van der Waals surface area contributed by atoms with Crippen LogP contribution in [0.4, 0.5) is 0 Å². The summed E-state index contributed by atoms with van der Waals surface area (Å²) in [7, 11) is 1.51. The van der Waals surface area contributed by atoms with Crippen LogP contribution in [0.25, 0.3) is 0 Å². The minimum absolute atomic E-state index is 0. The first-order valence-corrected chi connectivity index (χ1v) is 2.51. The van der Waals surface area contributed by atoms with Crippen molar-refractivity contribution in [1.82, 2.24) is 4.90 Å². The third kappa shape index (κ3) is 1.97. The lowest BCUT2D eigenvalue weighted by Crippen LogP contribution is -2.23. The second kappa shape index (κ2) is 4.24. The van der Waals surface area contributed by atoms with Crippen LogP contribution in [-0.2, 0) is 9.59 Å². The fraction of sp³-hybridized carbons (Fsp3) is 0.600. The van der Waals surface area contributed by atoms with E-state index in [2.05, 4.69) is 0 Å². The lowest BCUT2D eigenvalue weighted by molar-refractivity contribution is -0.136. The molecule has 0 aromatic carbocycles. The molecule has 1 heterocycles. The van der Waals surface area contributed by atoms with Crippen LogP contribution in [0.3, 0.4) is 0 Å². The summed E-state index contributed by atoms with van der Waals surface area (Å²) in [4.78, 5) is 22.1. The van der Waals surface area contributed by atoms with E-state index in [0.29, 0.717) is 12.8 Å². The lowest BCUT2D eigenvalue weighted by Gasteiger charge is -2.01. The highest BCUT2D eigenvalue weighted by Crippen LogP contribution is 2.07. The molecule has 0 saturated carbocycles. The Morgan fingerprint density at radius 3 is 1.60 bits per heavy atom. The van der Waals surface area contributed by atoms with E-state index in [1.165, 1.54) is 11.9 Å². The van der Waals surface area contributed by atoms with Crippen LogP contribution in [0.2, 0.25) is 0 Å². The second-order valence-corrected chi connectivity index (χ2v) is 1.85. The summed E-state index contributed by atoms with van der Waals surface area (Å²) < 4.78 is 0. The van der Waals surface area contributed by atoms with Gasteiger partial charge in [-0.25, -0.2) is 0 Å². The Hall–Kier alpha value is -0.610. The van der Waals surface area contributed by atoms with Crippen molar-refractivity contribution < 1.29 is 15.1 Å². The van der Waals surface area contributed by atoms with Crippen molar-refractivity contribution in [2.75, 3.05) is 7.05 Å². The molecule has 1 fully saturated rings. The molecule has 0 aromatic heterocycles. The van der Waals surface area contributed by atoms with Crippen LogP contribution in [0.1, 0.15) is 12.8 Å². The summed E-state index contributed by atoms with van der Waals surface area (Å²) in [5.41, 5.74) is 0. The van der Waals surface area contributed by atoms with Crippen LogP contribution in [0, 0.1) is 0 Å². The standard InChI is InChI=1S/C5H7NO2.ClH.H2O/c1-6-4(7)2-3-5(6)8;;/h2-3H2,1H3;1H;1H2. The van der Waals surface area contributed by atoms with Gasteiger partial charge >= 0.3 is 0 Å². The van der Waals surface area contributed by atoms with Crippen LogP contribution in [-0.4, -0.2) is 29.2 Å². The molecular formula is C5H10ClNO3. The average Bonchev–Trinajstić information content (AvgIpc) is 1.98. The Morgan fingerprint density at radius 2 is 1.50 bits per heavy atom. The molecule has 0 bridgehead atoms. The first-order valence-electron chi connectivity index (χ1n) is 2.51. The van der Waals surface area contributed by atoms with Crippen molar-refractivity contribution in [3.8, 4) is 0 Å². The monoisotopic (exact) mass is 167 g/mol. The third-order valence-electron chi connectivity index (χ3n) is 1.30. The molecular weight excluding hydrogens is 158 g/mol. The molecule has 1 rings (SSSR count). The van der Waals surface area contributed by atoms with Crippen LogP contribution in [0.5, 0.6) is 0 Å². The van der Waals surface area contributed by atoms with Gasteiger partial charge in [0.2, 0.25) is 11.8 Å². The Balaban J connectivity index is 0. The number of halogens is 1. The van der Waals surface area contributed by atoms with Gasteiger partial charge in [0, 0.05) is 19.9 Å². The molecule has 10 heavy (non-hydrogen) atoms. The number of nitrogens with zero attached hydrogens (tertiary/aromatic N) is 1. The van der Waals surface area contributed by atoms with E-state index in [1.54, 1.807) is 0 Å². The first-order chi connectivity index (χ1) is 3.72. The number of imide groups is 1. The maximum Gasteiger partial charge on any atom is 0.229 e. The average molecular weight is 168 g/mol. The smallest absolute Gasteiger partial charge is 0.229 e. The molecule has 60 valence electrons. The molecule has 2 amide bonds. The van der Waals surface area contributed by atoms with Gasteiger partial charge in [0.25, 0.3) is 0 Å². The van der Waals surface area contributed by atoms with Crippen molar-refractivity contribution in [3.63, 3.8) is 0 Å². The van der Waals surface area contributed by atoms with Crippen molar-refractivity contribution >= 4 is 24.2 Å². The molecule has 0 unspecified atom stereocenters. The number of carbonyl (C=O) groups is 2. The zero-order valence-corrected chi connectivity index (χ0v) is 6.40.